The van der Waals surface area contributed by atoms with Crippen LogP contribution < -0.4 is 0 Å². The third kappa shape index (κ3) is 4.69. The third-order valence-corrected chi connectivity index (χ3v) is 7.07. The molecule has 0 amide bonds. The molecule has 0 aliphatic heterocycles. The van der Waals surface area contributed by atoms with Crippen molar-refractivity contribution in [1.82, 2.24) is 9.78 Å². The monoisotopic (exact) mass is 428 g/mol. The highest BCUT2D eigenvalue weighted by atomic mass is 35.5. The fourth-order valence-electron chi connectivity index (χ4n) is 2.27. The first-order valence-corrected chi connectivity index (χ1v) is 10.6. The van der Waals surface area contributed by atoms with Crippen molar-refractivity contribution in [3.05, 3.63) is 75.0 Å². The SMILES string of the molecule is Cn1nc(CSc2ccccc2)c(CSc2cccc(Cl)c2Cl)c1Cl. The Morgan fingerprint density at radius 1 is 0.920 bits per heavy atom. The highest BCUT2D eigenvalue weighted by Gasteiger charge is 2.16. The van der Waals surface area contributed by atoms with Crippen LogP contribution in [0.25, 0.3) is 0 Å². The van der Waals surface area contributed by atoms with Crippen LogP contribution in [0, 0.1) is 0 Å². The maximum absolute atomic E-state index is 6.45. The molecule has 0 bridgehead atoms. The van der Waals surface area contributed by atoms with Gasteiger partial charge in [0.2, 0.25) is 0 Å². The van der Waals surface area contributed by atoms with E-state index in [1.807, 2.05) is 37.4 Å². The Labute approximate surface area is 170 Å². The largest absolute Gasteiger partial charge is 0.256 e. The summed E-state index contributed by atoms with van der Waals surface area (Å²) in [6.45, 7) is 0. The van der Waals surface area contributed by atoms with Crippen LogP contribution in [0.15, 0.2) is 58.3 Å². The van der Waals surface area contributed by atoms with Gasteiger partial charge in [0.15, 0.2) is 0 Å². The van der Waals surface area contributed by atoms with E-state index in [1.165, 1.54) is 4.90 Å². The lowest BCUT2D eigenvalue weighted by molar-refractivity contribution is 0.755. The molecule has 130 valence electrons. The van der Waals surface area contributed by atoms with Crippen molar-refractivity contribution in [1.29, 1.82) is 0 Å². The number of nitrogens with zero attached hydrogens (tertiary/aromatic N) is 2. The molecule has 2 aromatic carbocycles. The number of rotatable bonds is 6. The minimum absolute atomic E-state index is 0.559. The Balaban J connectivity index is 1.75. The van der Waals surface area contributed by atoms with E-state index in [0.29, 0.717) is 21.0 Å². The van der Waals surface area contributed by atoms with Gasteiger partial charge in [0.25, 0.3) is 0 Å². The topological polar surface area (TPSA) is 17.8 Å². The number of aryl methyl sites for hydroxylation is 1. The second-order valence-electron chi connectivity index (χ2n) is 5.28. The van der Waals surface area contributed by atoms with Crippen molar-refractivity contribution in [2.75, 3.05) is 0 Å². The predicted octanol–water partition coefficient (Wildman–Crippen LogP) is 6.96. The van der Waals surface area contributed by atoms with E-state index in [2.05, 4.69) is 17.2 Å². The predicted molar refractivity (Wildman–Crippen MR) is 110 cm³/mol. The molecule has 1 aromatic heterocycles. The van der Waals surface area contributed by atoms with Gasteiger partial charge in [-0.15, -0.1) is 23.5 Å². The Morgan fingerprint density at radius 2 is 1.68 bits per heavy atom. The van der Waals surface area contributed by atoms with Crippen molar-refractivity contribution < 1.29 is 0 Å². The van der Waals surface area contributed by atoms with E-state index in [9.17, 15) is 0 Å². The van der Waals surface area contributed by atoms with Gasteiger partial charge in [-0.1, -0.05) is 59.1 Å². The second kappa shape index (κ2) is 8.74. The molecule has 25 heavy (non-hydrogen) atoms. The zero-order valence-electron chi connectivity index (χ0n) is 13.4. The van der Waals surface area contributed by atoms with Gasteiger partial charge in [0.05, 0.1) is 15.7 Å². The van der Waals surface area contributed by atoms with Gasteiger partial charge in [-0.3, -0.25) is 4.68 Å². The lowest BCUT2D eigenvalue weighted by atomic mass is 10.3. The molecule has 2 nitrogen and oxygen atoms in total. The van der Waals surface area contributed by atoms with Crippen molar-refractivity contribution in [2.24, 2.45) is 7.05 Å². The molecule has 0 saturated heterocycles. The summed E-state index contributed by atoms with van der Waals surface area (Å²) < 4.78 is 1.72. The first kappa shape index (κ1) is 19.0. The van der Waals surface area contributed by atoms with Crippen LogP contribution in [0.5, 0.6) is 0 Å². The van der Waals surface area contributed by atoms with E-state index in [-0.39, 0.29) is 0 Å². The molecular weight excluding hydrogens is 415 g/mol. The van der Waals surface area contributed by atoms with Crippen molar-refractivity contribution in [3.63, 3.8) is 0 Å². The summed E-state index contributed by atoms with van der Waals surface area (Å²) in [5.74, 6) is 1.46. The average molecular weight is 430 g/mol. The van der Waals surface area contributed by atoms with Crippen LogP contribution in [0.1, 0.15) is 11.3 Å². The van der Waals surface area contributed by atoms with Gasteiger partial charge in [-0.05, 0) is 24.3 Å². The molecule has 3 aromatic rings. The summed E-state index contributed by atoms with van der Waals surface area (Å²) in [5.41, 5.74) is 2.03. The number of halogens is 3. The van der Waals surface area contributed by atoms with Gasteiger partial charge < -0.3 is 0 Å². The maximum atomic E-state index is 6.45. The summed E-state index contributed by atoms with van der Waals surface area (Å²) in [4.78, 5) is 2.15. The number of aromatic nitrogens is 2. The van der Waals surface area contributed by atoms with E-state index in [4.69, 9.17) is 34.8 Å². The lowest BCUT2D eigenvalue weighted by Gasteiger charge is -2.06. The Hall–Kier alpha value is -0.780. The molecule has 0 aliphatic rings. The van der Waals surface area contributed by atoms with E-state index < -0.39 is 0 Å². The Kier molecular flexibility index (Phi) is 6.64. The van der Waals surface area contributed by atoms with Crippen LogP contribution in [-0.2, 0) is 18.6 Å². The molecule has 0 N–H and O–H groups in total. The highest BCUT2D eigenvalue weighted by Crippen LogP contribution is 2.37. The Morgan fingerprint density at radius 3 is 2.44 bits per heavy atom. The minimum atomic E-state index is 0.559. The molecule has 1 heterocycles. The first-order chi connectivity index (χ1) is 12.1. The van der Waals surface area contributed by atoms with Gasteiger partial charge in [-0.2, -0.15) is 5.10 Å². The highest BCUT2D eigenvalue weighted by molar-refractivity contribution is 7.99. The molecule has 0 aliphatic carbocycles. The van der Waals surface area contributed by atoms with E-state index in [1.54, 1.807) is 34.3 Å². The number of benzene rings is 2. The summed E-state index contributed by atoms with van der Waals surface area (Å²) in [5, 5.41) is 6.37. The molecule has 0 unspecified atom stereocenters. The fraction of sp³-hybridized carbons (Fsp3) is 0.167. The maximum Gasteiger partial charge on any atom is 0.131 e. The van der Waals surface area contributed by atoms with Crippen LogP contribution >= 0.6 is 58.3 Å². The third-order valence-electron chi connectivity index (χ3n) is 3.56. The van der Waals surface area contributed by atoms with Crippen molar-refractivity contribution >= 4 is 58.3 Å². The van der Waals surface area contributed by atoms with Crippen LogP contribution in [0.2, 0.25) is 15.2 Å². The molecule has 0 atom stereocenters. The van der Waals surface area contributed by atoms with E-state index in [0.717, 1.165) is 21.9 Å². The lowest BCUT2D eigenvalue weighted by Crippen LogP contribution is -1.91. The Bertz CT molecular complexity index is 866. The molecule has 3 rings (SSSR count). The fourth-order valence-corrected chi connectivity index (χ4v) is 4.99. The van der Waals surface area contributed by atoms with Crippen molar-refractivity contribution in [3.8, 4) is 0 Å². The average Bonchev–Trinajstić information content (AvgIpc) is 2.89. The van der Waals surface area contributed by atoms with Crippen LogP contribution in [0.3, 0.4) is 0 Å². The first-order valence-electron chi connectivity index (χ1n) is 7.51. The zero-order chi connectivity index (χ0) is 17.8. The summed E-state index contributed by atoms with van der Waals surface area (Å²) >= 11 is 22.2. The van der Waals surface area contributed by atoms with Gasteiger partial charge in [0, 0.05) is 33.9 Å². The smallest absolute Gasteiger partial charge is 0.131 e. The number of thioether (sulfide) groups is 2. The molecular formula is C18H15Cl3N2S2. The molecule has 0 fully saturated rings. The van der Waals surface area contributed by atoms with Gasteiger partial charge >= 0.3 is 0 Å². The quantitative estimate of drug-likeness (QED) is 0.394. The number of hydrogen-bond acceptors (Lipinski definition) is 3. The van der Waals surface area contributed by atoms with Crippen LogP contribution in [0.4, 0.5) is 0 Å². The standard InChI is InChI=1S/C18H15Cl3N2S2/c1-23-18(21)13(10-25-16-9-5-8-14(19)17(16)20)15(22-23)11-24-12-6-3-2-4-7-12/h2-9H,10-11H2,1H3. The molecule has 7 heteroatoms. The molecule has 0 spiro atoms. The van der Waals surface area contributed by atoms with Crippen molar-refractivity contribution in [2.45, 2.75) is 21.3 Å². The summed E-state index contributed by atoms with van der Waals surface area (Å²) in [6.07, 6.45) is 0. The number of hydrogen-bond donors (Lipinski definition) is 0. The summed E-state index contributed by atoms with van der Waals surface area (Å²) in [6, 6.07) is 15.9. The molecule has 0 radical (unpaired) electrons. The normalized spacial score (nSPS) is 11.0. The summed E-state index contributed by atoms with van der Waals surface area (Å²) in [7, 11) is 1.86. The van der Waals surface area contributed by atoms with Gasteiger partial charge in [-0.25, -0.2) is 0 Å². The zero-order valence-corrected chi connectivity index (χ0v) is 17.3. The van der Waals surface area contributed by atoms with Gasteiger partial charge in [0.1, 0.15) is 5.15 Å². The second-order valence-corrected chi connectivity index (χ2v) is 8.49. The van der Waals surface area contributed by atoms with Crippen LogP contribution in [-0.4, -0.2) is 9.78 Å². The minimum Gasteiger partial charge on any atom is -0.256 e. The van der Waals surface area contributed by atoms with E-state index >= 15 is 0 Å². The molecule has 0 saturated carbocycles.